The van der Waals surface area contributed by atoms with Gasteiger partial charge in [-0.15, -0.1) is 0 Å². The number of carbonyl (C=O) groups excluding carboxylic acids is 1. The first kappa shape index (κ1) is 16.0. The Morgan fingerprint density at radius 2 is 1.85 bits per heavy atom. The average Bonchev–Trinajstić information content (AvgIpc) is 2.26. The molecule has 110 valence electrons. The third-order valence-corrected chi connectivity index (χ3v) is 2.41. The van der Waals surface area contributed by atoms with Crippen LogP contribution < -0.4 is 0 Å². The van der Waals surface area contributed by atoms with Gasteiger partial charge < -0.3 is 0 Å². The first-order valence-electron chi connectivity index (χ1n) is 5.36. The number of Topliss-reactive ketones (excluding diaryl/α,β-unsaturated/α-hetero) is 1. The van der Waals surface area contributed by atoms with Gasteiger partial charge in [0.1, 0.15) is 5.82 Å². The Labute approximate surface area is 109 Å². The molecule has 0 fully saturated rings. The van der Waals surface area contributed by atoms with E-state index in [0.717, 1.165) is 0 Å². The summed E-state index contributed by atoms with van der Waals surface area (Å²) in [4.78, 5) is 20.8. The Kier molecular flexibility index (Phi) is 4.74. The molecule has 0 bridgehead atoms. The third kappa shape index (κ3) is 3.97. The number of ketones is 1. The fraction of sp³-hybridized carbons (Fsp3) is 0.364. The van der Waals surface area contributed by atoms with Gasteiger partial charge in [-0.3, -0.25) is 14.9 Å². The lowest BCUT2D eigenvalue weighted by atomic mass is 10.0. The largest absolute Gasteiger partial charge is 0.389 e. The lowest BCUT2D eigenvalue weighted by Gasteiger charge is -2.06. The van der Waals surface area contributed by atoms with Crippen LogP contribution in [0.25, 0.3) is 0 Å². The number of nitro groups is 1. The SMILES string of the molecule is O=C(CCCC(F)(F)F)c1c(F)ccc([N+](=O)[O-])c1F. The number of nitro benzene ring substituents is 1. The lowest BCUT2D eigenvalue weighted by molar-refractivity contribution is -0.387. The fourth-order valence-corrected chi connectivity index (χ4v) is 1.51. The summed E-state index contributed by atoms with van der Waals surface area (Å²) < 4.78 is 62.5. The average molecular weight is 297 g/mol. The number of hydrogen-bond donors (Lipinski definition) is 0. The van der Waals surface area contributed by atoms with Crippen LogP contribution in [0.2, 0.25) is 0 Å². The van der Waals surface area contributed by atoms with E-state index in [1.807, 2.05) is 0 Å². The van der Waals surface area contributed by atoms with E-state index in [4.69, 9.17) is 0 Å². The molecule has 9 heteroatoms. The summed E-state index contributed by atoms with van der Waals surface area (Å²) in [5.41, 5.74) is -2.29. The summed E-state index contributed by atoms with van der Waals surface area (Å²) in [5.74, 6) is -4.26. The molecule has 0 aromatic heterocycles. The Bertz CT molecular complexity index is 542. The summed E-state index contributed by atoms with van der Waals surface area (Å²) in [7, 11) is 0. The van der Waals surface area contributed by atoms with E-state index >= 15 is 0 Å². The highest BCUT2D eigenvalue weighted by molar-refractivity contribution is 5.97. The minimum absolute atomic E-state index is 0.526. The van der Waals surface area contributed by atoms with Crippen LogP contribution in [0.5, 0.6) is 0 Å². The molecule has 1 rings (SSSR count). The molecule has 0 saturated heterocycles. The molecular weight excluding hydrogens is 289 g/mol. The monoisotopic (exact) mass is 297 g/mol. The van der Waals surface area contributed by atoms with E-state index in [2.05, 4.69) is 0 Å². The predicted molar refractivity (Wildman–Crippen MR) is 57.2 cm³/mol. The second-order valence-electron chi connectivity index (χ2n) is 3.90. The Hall–Kier alpha value is -2.06. The zero-order valence-corrected chi connectivity index (χ0v) is 9.84. The zero-order chi connectivity index (χ0) is 15.5. The number of hydrogen-bond acceptors (Lipinski definition) is 3. The van der Waals surface area contributed by atoms with E-state index in [0.29, 0.717) is 12.1 Å². The Morgan fingerprint density at radius 1 is 1.25 bits per heavy atom. The maximum absolute atomic E-state index is 13.6. The van der Waals surface area contributed by atoms with Gasteiger partial charge in [-0.05, 0) is 12.5 Å². The predicted octanol–water partition coefficient (Wildman–Crippen LogP) is 3.79. The summed E-state index contributed by atoms with van der Waals surface area (Å²) >= 11 is 0. The number of benzene rings is 1. The van der Waals surface area contributed by atoms with E-state index in [1.54, 1.807) is 0 Å². The summed E-state index contributed by atoms with van der Waals surface area (Å²) in [6.45, 7) is 0. The van der Waals surface area contributed by atoms with Crippen molar-refractivity contribution in [2.24, 2.45) is 0 Å². The Morgan fingerprint density at radius 3 is 2.35 bits per heavy atom. The van der Waals surface area contributed by atoms with Gasteiger partial charge in [0.05, 0.1) is 10.5 Å². The van der Waals surface area contributed by atoms with Gasteiger partial charge in [0.15, 0.2) is 5.78 Å². The van der Waals surface area contributed by atoms with Gasteiger partial charge in [-0.2, -0.15) is 17.6 Å². The van der Waals surface area contributed by atoms with Crippen LogP contribution in [0.15, 0.2) is 12.1 Å². The third-order valence-electron chi connectivity index (χ3n) is 2.41. The maximum Gasteiger partial charge on any atom is 0.389 e. The summed E-state index contributed by atoms with van der Waals surface area (Å²) in [5, 5.41) is 10.4. The number of alkyl halides is 3. The molecule has 0 aliphatic carbocycles. The fourth-order valence-electron chi connectivity index (χ4n) is 1.51. The first-order chi connectivity index (χ1) is 9.13. The van der Waals surface area contributed by atoms with Crippen molar-refractivity contribution < 1.29 is 31.7 Å². The molecule has 0 aliphatic rings. The van der Waals surface area contributed by atoms with E-state index in [1.165, 1.54) is 0 Å². The van der Waals surface area contributed by atoms with Crippen molar-refractivity contribution >= 4 is 11.5 Å². The van der Waals surface area contributed by atoms with Crippen molar-refractivity contribution in [1.82, 2.24) is 0 Å². The molecule has 4 nitrogen and oxygen atoms in total. The van der Waals surface area contributed by atoms with Crippen molar-refractivity contribution in [2.75, 3.05) is 0 Å². The van der Waals surface area contributed by atoms with Crippen molar-refractivity contribution in [3.05, 3.63) is 39.4 Å². The molecule has 1 aromatic carbocycles. The minimum Gasteiger partial charge on any atom is -0.294 e. The molecular formula is C11H8F5NO3. The topological polar surface area (TPSA) is 60.2 Å². The van der Waals surface area contributed by atoms with Gasteiger partial charge >= 0.3 is 11.9 Å². The van der Waals surface area contributed by atoms with E-state index in [-0.39, 0.29) is 0 Å². The lowest BCUT2D eigenvalue weighted by Crippen LogP contribution is -2.11. The van der Waals surface area contributed by atoms with Crippen LogP contribution >= 0.6 is 0 Å². The molecule has 20 heavy (non-hydrogen) atoms. The van der Waals surface area contributed by atoms with Gasteiger partial charge in [-0.25, -0.2) is 4.39 Å². The van der Waals surface area contributed by atoms with Crippen LogP contribution in [0.1, 0.15) is 29.6 Å². The summed E-state index contributed by atoms with van der Waals surface area (Å²) in [6.07, 6.45) is -7.17. The molecule has 0 atom stereocenters. The molecule has 0 aliphatic heterocycles. The number of nitrogens with zero attached hydrogens (tertiary/aromatic N) is 1. The van der Waals surface area contributed by atoms with Crippen LogP contribution in [0.4, 0.5) is 27.6 Å². The molecule has 0 heterocycles. The molecule has 0 amide bonds. The summed E-state index contributed by atoms with van der Waals surface area (Å²) in [6, 6.07) is 1.06. The number of halogens is 5. The van der Waals surface area contributed by atoms with Crippen molar-refractivity contribution in [2.45, 2.75) is 25.4 Å². The highest BCUT2D eigenvalue weighted by atomic mass is 19.4. The number of rotatable bonds is 5. The van der Waals surface area contributed by atoms with Crippen LogP contribution in [-0.4, -0.2) is 16.9 Å². The molecule has 0 N–H and O–H groups in total. The van der Waals surface area contributed by atoms with Gasteiger partial charge in [-0.1, -0.05) is 0 Å². The van der Waals surface area contributed by atoms with Crippen LogP contribution in [-0.2, 0) is 0 Å². The van der Waals surface area contributed by atoms with Crippen LogP contribution in [0, 0.1) is 21.7 Å². The molecule has 0 unspecified atom stereocenters. The van der Waals surface area contributed by atoms with Crippen LogP contribution in [0.3, 0.4) is 0 Å². The van der Waals surface area contributed by atoms with Gasteiger partial charge in [0, 0.05) is 18.9 Å². The van der Waals surface area contributed by atoms with Gasteiger partial charge in [0.25, 0.3) is 0 Å². The van der Waals surface area contributed by atoms with E-state index < -0.39 is 59.0 Å². The second kappa shape index (κ2) is 5.93. The molecule has 0 radical (unpaired) electrons. The molecule has 0 saturated carbocycles. The highest BCUT2D eigenvalue weighted by Crippen LogP contribution is 2.26. The zero-order valence-electron chi connectivity index (χ0n) is 9.84. The second-order valence-corrected chi connectivity index (χ2v) is 3.90. The van der Waals surface area contributed by atoms with Crippen molar-refractivity contribution in [3.63, 3.8) is 0 Å². The first-order valence-corrected chi connectivity index (χ1v) is 5.36. The number of carbonyl (C=O) groups is 1. The maximum atomic E-state index is 13.6. The minimum atomic E-state index is -4.49. The molecule has 1 aromatic rings. The van der Waals surface area contributed by atoms with Crippen molar-refractivity contribution in [1.29, 1.82) is 0 Å². The van der Waals surface area contributed by atoms with E-state index in [9.17, 15) is 36.9 Å². The molecule has 0 spiro atoms. The smallest absolute Gasteiger partial charge is 0.294 e. The quantitative estimate of drug-likeness (QED) is 0.359. The standard InChI is InChI=1S/C11H8F5NO3/c12-6-3-4-7(17(19)20)10(13)9(6)8(18)2-1-5-11(14,15)16/h3-4H,1-2,5H2. The normalized spacial score (nSPS) is 11.4. The Balaban J connectivity index is 2.93. The van der Waals surface area contributed by atoms with Crippen molar-refractivity contribution in [3.8, 4) is 0 Å². The van der Waals surface area contributed by atoms with Gasteiger partial charge in [0.2, 0.25) is 5.82 Å². The highest BCUT2D eigenvalue weighted by Gasteiger charge is 2.29.